The van der Waals surface area contributed by atoms with Crippen LogP contribution in [0.15, 0.2) is 59.8 Å². The highest BCUT2D eigenvalue weighted by molar-refractivity contribution is 7.98. The lowest BCUT2D eigenvalue weighted by Crippen LogP contribution is -2.05. The molecule has 0 radical (unpaired) electrons. The van der Waals surface area contributed by atoms with Crippen molar-refractivity contribution in [1.29, 1.82) is 0 Å². The van der Waals surface area contributed by atoms with Crippen molar-refractivity contribution in [3.63, 3.8) is 0 Å². The molecule has 0 bridgehead atoms. The van der Waals surface area contributed by atoms with Gasteiger partial charge in [-0.25, -0.2) is 4.39 Å². The van der Waals surface area contributed by atoms with Crippen molar-refractivity contribution < 1.29 is 4.39 Å². The van der Waals surface area contributed by atoms with E-state index in [-0.39, 0.29) is 5.82 Å². The van der Waals surface area contributed by atoms with Gasteiger partial charge in [0, 0.05) is 18.7 Å². The molecule has 5 heteroatoms. The Morgan fingerprint density at radius 3 is 2.46 bits per heavy atom. The minimum atomic E-state index is -0.170. The summed E-state index contributed by atoms with van der Waals surface area (Å²) in [6.45, 7) is 2.90. The summed E-state index contributed by atoms with van der Waals surface area (Å²) in [6.07, 6.45) is 1.79. The van der Waals surface area contributed by atoms with Crippen LogP contribution in [0.1, 0.15) is 23.9 Å². The molecular formula is C19H20FN3S. The maximum Gasteiger partial charge on any atom is 0.191 e. The summed E-state index contributed by atoms with van der Waals surface area (Å²) in [5.74, 6) is 1.37. The van der Waals surface area contributed by atoms with Gasteiger partial charge in [-0.05, 0) is 30.5 Å². The zero-order chi connectivity index (χ0) is 16.8. The predicted molar refractivity (Wildman–Crippen MR) is 95.5 cm³/mol. The van der Waals surface area contributed by atoms with E-state index in [0.717, 1.165) is 30.4 Å². The van der Waals surface area contributed by atoms with Crippen molar-refractivity contribution in [2.24, 2.45) is 0 Å². The first kappa shape index (κ1) is 16.7. The highest BCUT2D eigenvalue weighted by Gasteiger charge is 2.12. The number of rotatable bonds is 7. The van der Waals surface area contributed by atoms with Gasteiger partial charge < -0.3 is 4.57 Å². The smallest absolute Gasteiger partial charge is 0.191 e. The molecule has 0 saturated carbocycles. The molecule has 0 fully saturated rings. The number of aromatic nitrogens is 3. The zero-order valence-corrected chi connectivity index (χ0v) is 14.5. The minimum absolute atomic E-state index is 0.170. The van der Waals surface area contributed by atoms with Gasteiger partial charge in [0.25, 0.3) is 0 Å². The maximum atomic E-state index is 13.7. The van der Waals surface area contributed by atoms with Gasteiger partial charge in [0.2, 0.25) is 0 Å². The molecule has 124 valence electrons. The Morgan fingerprint density at radius 2 is 1.71 bits per heavy atom. The summed E-state index contributed by atoms with van der Waals surface area (Å²) in [5.41, 5.74) is 1.99. The van der Waals surface area contributed by atoms with Crippen molar-refractivity contribution in [3.05, 3.63) is 77.4 Å². The van der Waals surface area contributed by atoms with E-state index in [4.69, 9.17) is 0 Å². The third-order valence-electron chi connectivity index (χ3n) is 3.90. The van der Waals surface area contributed by atoms with Crippen LogP contribution >= 0.6 is 11.8 Å². The number of halogens is 1. The fourth-order valence-corrected chi connectivity index (χ4v) is 3.59. The molecule has 0 aliphatic carbocycles. The van der Waals surface area contributed by atoms with Crippen LogP contribution in [0.25, 0.3) is 0 Å². The second-order valence-corrected chi connectivity index (χ2v) is 6.45. The van der Waals surface area contributed by atoms with Gasteiger partial charge in [0.05, 0.1) is 0 Å². The third-order valence-corrected chi connectivity index (χ3v) is 4.92. The lowest BCUT2D eigenvalue weighted by molar-refractivity contribution is 0.616. The van der Waals surface area contributed by atoms with Gasteiger partial charge in [0.1, 0.15) is 11.6 Å². The summed E-state index contributed by atoms with van der Waals surface area (Å²) in [7, 11) is 0. The number of hydrogen-bond donors (Lipinski definition) is 0. The molecule has 0 N–H and O–H groups in total. The van der Waals surface area contributed by atoms with Crippen LogP contribution in [0.4, 0.5) is 4.39 Å². The van der Waals surface area contributed by atoms with Crippen LogP contribution in [-0.2, 0) is 25.1 Å². The molecular weight excluding hydrogens is 321 g/mol. The lowest BCUT2D eigenvalue weighted by atomic mass is 10.1. The Hall–Kier alpha value is -2.14. The van der Waals surface area contributed by atoms with E-state index in [1.165, 1.54) is 23.4 Å². The van der Waals surface area contributed by atoms with E-state index in [9.17, 15) is 4.39 Å². The second-order valence-electron chi connectivity index (χ2n) is 5.51. The summed E-state index contributed by atoms with van der Waals surface area (Å²) in [4.78, 5) is 0. The summed E-state index contributed by atoms with van der Waals surface area (Å²) in [5, 5.41) is 9.48. The average Bonchev–Trinajstić information content (AvgIpc) is 3.02. The Kier molecular flexibility index (Phi) is 5.64. The van der Waals surface area contributed by atoms with Gasteiger partial charge in [-0.1, -0.05) is 60.3 Å². The first-order chi connectivity index (χ1) is 11.8. The highest BCUT2D eigenvalue weighted by Crippen LogP contribution is 2.23. The third kappa shape index (κ3) is 4.03. The number of thioether (sulfide) groups is 1. The van der Waals surface area contributed by atoms with Gasteiger partial charge >= 0.3 is 0 Å². The van der Waals surface area contributed by atoms with Crippen LogP contribution in [0.5, 0.6) is 0 Å². The SMILES string of the molecule is CCn1c(CCc2ccccc2)nnc1SCc1ccccc1F. The van der Waals surface area contributed by atoms with Gasteiger partial charge in [-0.3, -0.25) is 0 Å². The van der Waals surface area contributed by atoms with E-state index >= 15 is 0 Å². The summed E-state index contributed by atoms with van der Waals surface area (Å²) in [6, 6.07) is 17.2. The van der Waals surface area contributed by atoms with Crippen LogP contribution < -0.4 is 0 Å². The van der Waals surface area contributed by atoms with Crippen LogP contribution in [0.2, 0.25) is 0 Å². The number of nitrogens with zero attached hydrogens (tertiary/aromatic N) is 3. The van der Waals surface area contributed by atoms with E-state index in [0.29, 0.717) is 11.3 Å². The minimum Gasteiger partial charge on any atom is -0.306 e. The van der Waals surface area contributed by atoms with Crippen molar-refractivity contribution in [2.45, 2.75) is 37.2 Å². The van der Waals surface area contributed by atoms with Gasteiger partial charge in [0.15, 0.2) is 5.16 Å². The first-order valence-electron chi connectivity index (χ1n) is 8.10. The van der Waals surface area contributed by atoms with Crippen LogP contribution in [0.3, 0.4) is 0 Å². The molecule has 0 spiro atoms. The van der Waals surface area contributed by atoms with Crippen LogP contribution in [-0.4, -0.2) is 14.8 Å². The second kappa shape index (κ2) is 8.11. The van der Waals surface area contributed by atoms with Crippen molar-refractivity contribution in [3.8, 4) is 0 Å². The van der Waals surface area contributed by atoms with Crippen molar-refractivity contribution in [2.75, 3.05) is 0 Å². The molecule has 3 aromatic rings. The Bertz CT molecular complexity index is 786. The molecule has 0 aliphatic rings. The predicted octanol–water partition coefficient (Wildman–Crippen LogP) is 4.51. The van der Waals surface area contributed by atoms with E-state index in [2.05, 4.69) is 46.0 Å². The molecule has 1 aromatic heterocycles. The van der Waals surface area contributed by atoms with Gasteiger partial charge in [-0.2, -0.15) is 0 Å². The topological polar surface area (TPSA) is 30.7 Å². The summed E-state index contributed by atoms with van der Waals surface area (Å²) < 4.78 is 15.9. The number of aryl methyl sites for hydroxylation is 2. The average molecular weight is 341 g/mol. The maximum absolute atomic E-state index is 13.7. The molecule has 3 rings (SSSR count). The highest BCUT2D eigenvalue weighted by atomic mass is 32.2. The Balaban J connectivity index is 1.67. The van der Waals surface area contributed by atoms with E-state index < -0.39 is 0 Å². The van der Waals surface area contributed by atoms with E-state index in [1.807, 2.05) is 18.2 Å². The number of benzene rings is 2. The Morgan fingerprint density at radius 1 is 0.958 bits per heavy atom. The standard InChI is InChI=1S/C19H20FN3S/c1-2-23-18(13-12-15-8-4-3-5-9-15)21-22-19(23)24-14-16-10-6-7-11-17(16)20/h3-11H,2,12-14H2,1H3. The molecule has 1 heterocycles. The van der Waals surface area contributed by atoms with Crippen molar-refractivity contribution >= 4 is 11.8 Å². The number of hydrogen-bond acceptors (Lipinski definition) is 3. The van der Waals surface area contributed by atoms with Gasteiger partial charge in [-0.15, -0.1) is 10.2 Å². The molecule has 0 atom stereocenters. The molecule has 0 amide bonds. The first-order valence-corrected chi connectivity index (χ1v) is 9.08. The normalized spacial score (nSPS) is 10.9. The zero-order valence-electron chi connectivity index (χ0n) is 13.7. The fraction of sp³-hybridized carbons (Fsp3) is 0.263. The Labute approximate surface area is 145 Å². The molecule has 0 aliphatic heterocycles. The molecule has 0 saturated heterocycles. The lowest BCUT2D eigenvalue weighted by Gasteiger charge is -2.08. The molecule has 24 heavy (non-hydrogen) atoms. The largest absolute Gasteiger partial charge is 0.306 e. The molecule has 2 aromatic carbocycles. The monoisotopic (exact) mass is 341 g/mol. The quantitative estimate of drug-likeness (QED) is 0.592. The summed E-state index contributed by atoms with van der Waals surface area (Å²) >= 11 is 1.53. The van der Waals surface area contributed by atoms with Crippen LogP contribution in [0, 0.1) is 5.82 Å². The molecule has 0 unspecified atom stereocenters. The van der Waals surface area contributed by atoms with Crippen molar-refractivity contribution in [1.82, 2.24) is 14.8 Å². The van der Waals surface area contributed by atoms with E-state index in [1.54, 1.807) is 6.07 Å². The fourth-order valence-electron chi connectivity index (χ4n) is 2.59. The molecule has 3 nitrogen and oxygen atoms in total.